The smallest absolute Gasteiger partial charge is 0.325 e. The fourth-order valence-electron chi connectivity index (χ4n) is 2.43. The Labute approximate surface area is 170 Å². The minimum atomic E-state index is -0.505. The molecule has 0 saturated carbocycles. The molecule has 7 nitrogen and oxygen atoms in total. The van der Waals surface area contributed by atoms with Crippen molar-refractivity contribution in [2.24, 2.45) is 5.73 Å². The Kier molecular flexibility index (Phi) is 9.70. The van der Waals surface area contributed by atoms with E-state index in [1.165, 1.54) is 7.11 Å². The van der Waals surface area contributed by atoms with Crippen LogP contribution in [0.2, 0.25) is 0 Å². The highest BCUT2D eigenvalue weighted by molar-refractivity contribution is 5.91. The van der Waals surface area contributed by atoms with Crippen molar-refractivity contribution in [1.82, 2.24) is 5.32 Å². The third kappa shape index (κ3) is 7.77. The van der Waals surface area contributed by atoms with Gasteiger partial charge in [-0.15, -0.1) is 12.4 Å². The first kappa shape index (κ1) is 23.1. The number of anilines is 1. The summed E-state index contributed by atoms with van der Waals surface area (Å²) in [4.78, 5) is 34.9. The van der Waals surface area contributed by atoms with Gasteiger partial charge >= 0.3 is 5.97 Å². The minimum Gasteiger partial charge on any atom is -0.468 e. The molecule has 0 saturated heterocycles. The lowest BCUT2D eigenvalue weighted by Crippen LogP contribution is -2.31. The molecule has 0 heterocycles. The Morgan fingerprint density at radius 1 is 1.00 bits per heavy atom. The normalized spacial score (nSPS) is 10.9. The molecule has 0 aliphatic heterocycles. The van der Waals surface area contributed by atoms with Crippen molar-refractivity contribution in [2.45, 2.75) is 18.9 Å². The van der Waals surface area contributed by atoms with Crippen molar-refractivity contribution in [3.63, 3.8) is 0 Å². The van der Waals surface area contributed by atoms with Gasteiger partial charge in [-0.1, -0.05) is 42.5 Å². The van der Waals surface area contributed by atoms with Crippen LogP contribution in [0.5, 0.6) is 0 Å². The van der Waals surface area contributed by atoms with Crippen molar-refractivity contribution < 1.29 is 19.1 Å². The van der Waals surface area contributed by atoms with E-state index in [9.17, 15) is 14.4 Å². The molecule has 0 radical (unpaired) electrons. The summed E-state index contributed by atoms with van der Waals surface area (Å²) in [6, 6.07) is 16.0. The number of hydrogen-bond acceptors (Lipinski definition) is 5. The molecule has 0 bridgehead atoms. The lowest BCUT2D eigenvalue weighted by atomic mass is 10.0. The van der Waals surface area contributed by atoms with E-state index in [0.29, 0.717) is 5.69 Å². The van der Waals surface area contributed by atoms with Crippen LogP contribution in [0.4, 0.5) is 5.69 Å². The number of rotatable bonds is 8. The lowest BCUT2D eigenvalue weighted by molar-refractivity contribution is -0.141. The molecule has 0 spiro atoms. The summed E-state index contributed by atoms with van der Waals surface area (Å²) >= 11 is 0. The van der Waals surface area contributed by atoms with Crippen LogP contribution in [0.3, 0.4) is 0 Å². The van der Waals surface area contributed by atoms with Gasteiger partial charge in [0.25, 0.3) is 0 Å². The molecule has 2 aromatic rings. The summed E-state index contributed by atoms with van der Waals surface area (Å²) < 4.78 is 4.46. The maximum atomic E-state index is 12.1. The SMILES string of the molecule is COC(=O)CNC(=O)Cc1ccc(NC(=O)CC(N)c2ccccc2)cc1.Cl. The van der Waals surface area contributed by atoms with E-state index < -0.39 is 5.97 Å². The maximum Gasteiger partial charge on any atom is 0.325 e. The molecule has 4 N–H and O–H groups in total. The molecule has 2 rings (SSSR count). The maximum absolute atomic E-state index is 12.1. The first-order valence-corrected chi connectivity index (χ1v) is 8.50. The van der Waals surface area contributed by atoms with Crippen LogP contribution in [0.1, 0.15) is 23.6 Å². The molecule has 8 heteroatoms. The Bertz CT molecular complexity index is 782. The zero-order valence-electron chi connectivity index (χ0n) is 15.5. The van der Waals surface area contributed by atoms with Crippen LogP contribution < -0.4 is 16.4 Å². The van der Waals surface area contributed by atoms with Crippen molar-refractivity contribution in [1.29, 1.82) is 0 Å². The Morgan fingerprint density at radius 2 is 1.64 bits per heavy atom. The molecular weight excluding hydrogens is 382 g/mol. The number of methoxy groups -OCH3 is 1. The first-order valence-electron chi connectivity index (χ1n) is 8.50. The van der Waals surface area contributed by atoms with Gasteiger partial charge in [0, 0.05) is 18.2 Å². The van der Waals surface area contributed by atoms with E-state index in [1.54, 1.807) is 24.3 Å². The second-order valence-electron chi connectivity index (χ2n) is 6.00. The number of benzene rings is 2. The van der Waals surface area contributed by atoms with E-state index in [0.717, 1.165) is 11.1 Å². The number of ether oxygens (including phenoxy) is 1. The van der Waals surface area contributed by atoms with Gasteiger partial charge in [0.2, 0.25) is 11.8 Å². The molecular formula is C20H24ClN3O4. The Hall–Kier alpha value is -2.90. The minimum absolute atomic E-state index is 0. The third-order valence-electron chi connectivity index (χ3n) is 3.89. The second-order valence-corrected chi connectivity index (χ2v) is 6.00. The summed E-state index contributed by atoms with van der Waals surface area (Å²) in [5.41, 5.74) is 8.34. The largest absolute Gasteiger partial charge is 0.468 e. The summed E-state index contributed by atoms with van der Waals surface area (Å²) in [5, 5.41) is 5.26. The molecule has 150 valence electrons. The molecule has 2 amide bonds. The second kappa shape index (κ2) is 11.7. The topological polar surface area (TPSA) is 111 Å². The van der Waals surface area contributed by atoms with Gasteiger partial charge in [0.05, 0.1) is 13.5 Å². The monoisotopic (exact) mass is 405 g/mol. The molecule has 0 aliphatic carbocycles. The van der Waals surface area contributed by atoms with E-state index in [2.05, 4.69) is 15.4 Å². The predicted molar refractivity (Wildman–Crippen MR) is 109 cm³/mol. The average Bonchev–Trinajstić information content (AvgIpc) is 2.68. The standard InChI is InChI=1S/C20H23N3O4.ClH/c1-27-20(26)13-22-18(24)11-14-7-9-16(10-8-14)23-19(25)12-17(21)15-5-3-2-4-6-15;/h2-10,17H,11-13,21H2,1H3,(H,22,24)(H,23,25);1H. The molecule has 2 aromatic carbocycles. The van der Waals surface area contributed by atoms with Crippen LogP contribution in [-0.4, -0.2) is 31.4 Å². The van der Waals surface area contributed by atoms with Gasteiger partial charge in [-0.3, -0.25) is 14.4 Å². The number of nitrogens with one attached hydrogen (secondary N) is 2. The van der Waals surface area contributed by atoms with Crippen molar-refractivity contribution >= 4 is 35.9 Å². The Balaban J connectivity index is 0.00000392. The molecule has 1 atom stereocenters. The lowest BCUT2D eigenvalue weighted by Gasteiger charge is -2.12. The molecule has 0 aliphatic rings. The number of carbonyl (C=O) groups excluding carboxylic acids is 3. The van der Waals surface area contributed by atoms with Crippen LogP contribution in [-0.2, 0) is 25.5 Å². The fraction of sp³-hybridized carbons (Fsp3) is 0.250. The third-order valence-corrected chi connectivity index (χ3v) is 3.89. The first-order chi connectivity index (χ1) is 13.0. The highest BCUT2D eigenvalue weighted by Gasteiger charge is 2.12. The molecule has 0 aromatic heterocycles. The summed E-state index contributed by atoms with van der Waals surface area (Å²) in [5.74, 6) is -0.976. The van der Waals surface area contributed by atoms with Crippen LogP contribution in [0, 0.1) is 0 Å². The zero-order chi connectivity index (χ0) is 19.6. The number of carbonyl (C=O) groups is 3. The van der Waals surface area contributed by atoms with Crippen LogP contribution >= 0.6 is 12.4 Å². The van der Waals surface area contributed by atoms with Gasteiger partial charge in [-0.25, -0.2) is 0 Å². The average molecular weight is 406 g/mol. The summed E-state index contributed by atoms with van der Waals surface area (Å²) in [6.07, 6.45) is 0.297. The van der Waals surface area contributed by atoms with Gasteiger partial charge in [-0.2, -0.15) is 0 Å². The number of hydrogen-bond donors (Lipinski definition) is 3. The highest BCUT2D eigenvalue weighted by Crippen LogP contribution is 2.15. The van der Waals surface area contributed by atoms with Crippen molar-refractivity contribution in [2.75, 3.05) is 19.0 Å². The number of amides is 2. The number of halogens is 1. The molecule has 0 fully saturated rings. The van der Waals surface area contributed by atoms with Gasteiger partial charge in [-0.05, 0) is 23.3 Å². The number of nitrogens with two attached hydrogens (primary N) is 1. The fourth-order valence-corrected chi connectivity index (χ4v) is 2.43. The van der Waals surface area contributed by atoms with E-state index in [-0.39, 0.29) is 49.6 Å². The Morgan fingerprint density at radius 3 is 2.25 bits per heavy atom. The quantitative estimate of drug-likeness (QED) is 0.581. The van der Waals surface area contributed by atoms with Crippen molar-refractivity contribution in [3.8, 4) is 0 Å². The van der Waals surface area contributed by atoms with E-state index >= 15 is 0 Å². The summed E-state index contributed by atoms with van der Waals surface area (Å²) in [7, 11) is 1.26. The van der Waals surface area contributed by atoms with Gasteiger partial charge in [0.15, 0.2) is 0 Å². The van der Waals surface area contributed by atoms with Crippen LogP contribution in [0.25, 0.3) is 0 Å². The highest BCUT2D eigenvalue weighted by atomic mass is 35.5. The predicted octanol–water partition coefficient (Wildman–Crippen LogP) is 1.97. The number of esters is 1. The van der Waals surface area contributed by atoms with E-state index in [4.69, 9.17) is 5.73 Å². The summed E-state index contributed by atoms with van der Waals surface area (Å²) in [6.45, 7) is -0.162. The van der Waals surface area contributed by atoms with Crippen LogP contribution in [0.15, 0.2) is 54.6 Å². The van der Waals surface area contributed by atoms with Gasteiger partial charge in [0.1, 0.15) is 6.54 Å². The van der Waals surface area contributed by atoms with E-state index in [1.807, 2.05) is 30.3 Å². The zero-order valence-corrected chi connectivity index (χ0v) is 16.3. The molecule has 1 unspecified atom stereocenters. The van der Waals surface area contributed by atoms with Gasteiger partial charge < -0.3 is 21.1 Å². The van der Waals surface area contributed by atoms with Crippen molar-refractivity contribution in [3.05, 3.63) is 65.7 Å². The molecule has 28 heavy (non-hydrogen) atoms.